The lowest BCUT2D eigenvalue weighted by Crippen LogP contribution is -2.46. The molecule has 2 fully saturated rings. The first-order valence-corrected chi connectivity index (χ1v) is 7.61. The van der Waals surface area contributed by atoms with Gasteiger partial charge in [0.2, 0.25) is 11.8 Å². The van der Waals surface area contributed by atoms with Gasteiger partial charge in [0.25, 0.3) is 0 Å². The van der Waals surface area contributed by atoms with E-state index in [0.717, 1.165) is 6.42 Å². The topological polar surface area (TPSA) is 49.4 Å². The van der Waals surface area contributed by atoms with E-state index >= 15 is 0 Å². The second-order valence-electron chi connectivity index (χ2n) is 6.22. The van der Waals surface area contributed by atoms with Crippen LogP contribution >= 0.6 is 0 Å². The third-order valence-corrected chi connectivity index (χ3v) is 5.00. The largest absolute Gasteiger partial charge is 0.353 e. The molecule has 1 saturated carbocycles. The summed E-state index contributed by atoms with van der Waals surface area (Å²) in [6, 6.07) is 0.294. The summed E-state index contributed by atoms with van der Waals surface area (Å²) in [5, 5.41) is 3.19. The van der Waals surface area contributed by atoms with E-state index in [4.69, 9.17) is 0 Å². The molecule has 4 heteroatoms. The Morgan fingerprint density at radius 3 is 2.74 bits per heavy atom. The van der Waals surface area contributed by atoms with Gasteiger partial charge in [-0.2, -0.15) is 0 Å². The van der Waals surface area contributed by atoms with Crippen LogP contribution in [0.15, 0.2) is 0 Å². The number of rotatable bonds is 3. The van der Waals surface area contributed by atoms with Gasteiger partial charge in [-0.25, -0.2) is 0 Å². The van der Waals surface area contributed by atoms with Gasteiger partial charge in [-0.05, 0) is 25.2 Å². The van der Waals surface area contributed by atoms with Crippen molar-refractivity contribution in [3.05, 3.63) is 0 Å². The van der Waals surface area contributed by atoms with Crippen molar-refractivity contribution in [2.75, 3.05) is 13.1 Å². The molecule has 0 spiro atoms. The molecule has 4 atom stereocenters. The summed E-state index contributed by atoms with van der Waals surface area (Å²) in [6.07, 6.45) is 3.92. The molecule has 2 rings (SSSR count). The van der Waals surface area contributed by atoms with Gasteiger partial charge in [0, 0.05) is 25.6 Å². The average molecular weight is 266 g/mol. The number of hydrogen-bond acceptors (Lipinski definition) is 2. The fourth-order valence-electron chi connectivity index (χ4n) is 3.34. The van der Waals surface area contributed by atoms with Crippen LogP contribution in [0.2, 0.25) is 0 Å². The molecule has 0 aromatic carbocycles. The zero-order chi connectivity index (χ0) is 14.0. The summed E-state index contributed by atoms with van der Waals surface area (Å²) in [7, 11) is 0. The monoisotopic (exact) mass is 266 g/mol. The van der Waals surface area contributed by atoms with Gasteiger partial charge >= 0.3 is 0 Å². The highest BCUT2D eigenvalue weighted by molar-refractivity contribution is 5.89. The van der Waals surface area contributed by atoms with Crippen LogP contribution in [0.4, 0.5) is 0 Å². The van der Waals surface area contributed by atoms with Crippen LogP contribution in [0.3, 0.4) is 0 Å². The number of carbonyl (C=O) groups excluding carboxylic acids is 2. The molecule has 4 nitrogen and oxygen atoms in total. The SMILES string of the molecule is CCN1C[C@H](C(=O)N[C@@H]2CCC[C@@H](C)[C@H]2C)CC1=O. The third-order valence-electron chi connectivity index (χ3n) is 5.00. The number of carbonyl (C=O) groups is 2. The van der Waals surface area contributed by atoms with Crippen LogP contribution in [0, 0.1) is 17.8 Å². The van der Waals surface area contributed by atoms with Crippen LogP contribution in [0.5, 0.6) is 0 Å². The normalized spacial score (nSPS) is 35.5. The molecule has 1 aliphatic carbocycles. The Kier molecular flexibility index (Phi) is 4.48. The fraction of sp³-hybridized carbons (Fsp3) is 0.867. The Bertz CT molecular complexity index is 356. The van der Waals surface area contributed by atoms with E-state index in [1.807, 2.05) is 6.92 Å². The number of likely N-dealkylation sites (tertiary alicyclic amines) is 1. The average Bonchev–Trinajstić information content (AvgIpc) is 2.76. The van der Waals surface area contributed by atoms with Gasteiger partial charge < -0.3 is 10.2 Å². The summed E-state index contributed by atoms with van der Waals surface area (Å²) in [4.78, 5) is 25.7. The van der Waals surface area contributed by atoms with E-state index in [0.29, 0.717) is 37.4 Å². The second-order valence-corrected chi connectivity index (χ2v) is 6.22. The lowest BCUT2D eigenvalue weighted by Gasteiger charge is -2.35. The Morgan fingerprint density at radius 2 is 2.11 bits per heavy atom. The molecule has 0 aromatic rings. The van der Waals surface area contributed by atoms with Gasteiger partial charge in [0.1, 0.15) is 0 Å². The molecule has 1 N–H and O–H groups in total. The van der Waals surface area contributed by atoms with Crippen LogP contribution in [0.1, 0.15) is 46.5 Å². The molecule has 2 amide bonds. The zero-order valence-electron chi connectivity index (χ0n) is 12.3. The first kappa shape index (κ1) is 14.4. The molecule has 1 saturated heterocycles. The summed E-state index contributed by atoms with van der Waals surface area (Å²) < 4.78 is 0. The van der Waals surface area contributed by atoms with Crippen molar-refractivity contribution in [3.63, 3.8) is 0 Å². The van der Waals surface area contributed by atoms with Crippen LogP contribution in [-0.2, 0) is 9.59 Å². The van der Waals surface area contributed by atoms with E-state index in [9.17, 15) is 9.59 Å². The van der Waals surface area contributed by atoms with E-state index in [-0.39, 0.29) is 17.7 Å². The molecule has 0 unspecified atom stereocenters. The van der Waals surface area contributed by atoms with E-state index in [1.165, 1.54) is 12.8 Å². The van der Waals surface area contributed by atoms with Crippen molar-refractivity contribution in [1.82, 2.24) is 10.2 Å². The molecule has 0 aromatic heterocycles. The first-order valence-electron chi connectivity index (χ1n) is 7.61. The third kappa shape index (κ3) is 3.10. The molecule has 0 radical (unpaired) electrons. The molecular formula is C15H26N2O2. The van der Waals surface area contributed by atoms with Gasteiger partial charge in [0.15, 0.2) is 0 Å². The maximum atomic E-state index is 12.3. The van der Waals surface area contributed by atoms with Crippen LogP contribution < -0.4 is 5.32 Å². The van der Waals surface area contributed by atoms with Crippen molar-refractivity contribution in [1.29, 1.82) is 0 Å². The van der Waals surface area contributed by atoms with Crippen molar-refractivity contribution < 1.29 is 9.59 Å². The highest BCUT2D eigenvalue weighted by Crippen LogP contribution is 2.30. The number of nitrogens with one attached hydrogen (secondary N) is 1. The smallest absolute Gasteiger partial charge is 0.225 e. The molecule has 0 bridgehead atoms. The fourth-order valence-corrected chi connectivity index (χ4v) is 3.34. The van der Waals surface area contributed by atoms with Crippen LogP contribution in [-0.4, -0.2) is 35.8 Å². The molecule has 1 heterocycles. The minimum atomic E-state index is -0.142. The summed E-state index contributed by atoms with van der Waals surface area (Å²) in [6.45, 7) is 7.76. The molecule has 1 aliphatic heterocycles. The predicted molar refractivity (Wildman–Crippen MR) is 74.5 cm³/mol. The maximum Gasteiger partial charge on any atom is 0.225 e. The van der Waals surface area contributed by atoms with Crippen molar-refractivity contribution in [2.45, 2.75) is 52.5 Å². The number of nitrogens with zero attached hydrogens (tertiary/aromatic N) is 1. The number of amides is 2. The summed E-state index contributed by atoms with van der Waals surface area (Å²) in [5.74, 6) is 1.27. The van der Waals surface area contributed by atoms with E-state index < -0.39 is 0 Å². The second kappa shape index (κ2) is 5.93. The lowest BCUT2D eigenvalue weighted by atomic mass is 9.78. The van der Waals surface area contributed by atoms with Crippen molar-refractivity contribution >= 4 is 11.8 Å². The maximum absolute atomic E-state index is 12.3. The Hall–Kier alpha value is -1.06. The molecule has 19 heavy (non-hydrogen) atoms. The van der Waals surface area contributed by atoms with Crippen molar-refractivity contribution in [2.24, 2.45) is 17.8 Å². The lowest BCUT2D eigenvalue weighted by molar-refractivity contribution is -0.129. The minimum Gasteiger partial charge on any atom is -0.353 e. The van der Waals surface area contributed by atoms with Crippen LogP contribution in [0.25, 0.3) is 0 Å². The van der Waals surface area contributed by atoms with E-state index in [2.05, 4.69) is 19.2 Å². The highest BCUT2D eigenvalue weighted by atomic mass is 16.2. The quantitative estimate of drug-likeness (QED) is 0.846. The van der Waals surface area contributed by atoms with Gasteiger partial charge in [-0.15, -0.1) is 0 Å². The molecular weight excluding hydrogens is 240 g/mol. The Morgan fingerprint density at radius 1 is 1.37 bits per heavy atom. The summed E-state index contributed by atoms with van der Waals surface area (Å²) >= 11 is 0. The summed E-state index contributed by atoms with van der Waals surface area (Å²) in [5.41, 5.74) is 0. The zero-order valence-corrected chi connectivity index (χ0v) is 12.3. The van der Waals surface area contributed by atoms with E-state index in [1.54, 1.807) is 4.90 Å². The predicted octanol–water partition coefficient (Wildman–Crippen LogP) is 1.80. The molecule has 2 aliphatic rings. The number of hydrogen-bond donors (Lipinski definition) is 1. The minimum absolute atomic E-state index is 0.0789. The van der Waals surface area contributed by atoms with Gasteiger partial charge in [0.05, 0.1) is 5.92 Å². The highest BCUT2D eigenvalue weighted by Gasteiger charge is 2.35. The Labute approximate surface area is 115 Å². The Balaban J connectivity index is 1.89. The first-order chi connectivity index (χ1) is 9.02. The standard InChI is InChI=1S/C15H26N2O2/c1-4-17-9-12(8-14(17)18)15(19)16-13-7-5-6-10(2)11(13)3/h10-13H,4-9H2,1-3H3,(H,16,19)/t10-,11-,12-,13-/m1/s1. The van der Waals surface area contributed by atoms with Gasteiger partial charge in [-0.1, -0.05) is 26.7 Å². The van der Waals surface area contributed by atoms with Gasteiger partial charge in [-0.3, -0.25) is 9.59 Å². The van der Waals surface area contributed by atoms with Crippen molar-refractivity contribution in [3.8, 4) is 0 Å². The molecule has 108 valence electrons.